The van der Waals surface area contributed by atoms with Gasteiger partial charge in [0.25, 0.3) is 0 Å². The number of fused-ring (bicyclic) bond motifs is 10. The number of hydrogen-bond donors (Lipinski definition) is 2. The van der Waals surface area contributed by atoms with E-state index in [1.54, 1.807) is 14.2 Å². The molecule has 0 amide bonds. The first-order chi connectivity index (χ1) is 31.1. The highest BCUT2D eigenvalue weighted by molar-refractivity contribution is 7.85. The van der Waals surface area contributed by atoms with Crippen molar-refractivity contribution in [1.29, 1.82) is 0 Å². The molecule has 2 saturated heterocycles. The van der Waals surface area contributed by atoms with Crippen LogP contribution in [0.4, 0.5) is 0 Å². The molecule has 0 saturated carbocycles. The Morgan fingerprint density at radius 3 is 1.31 bits per heavy atom. The van der Waals surface area contributed by atoms with Crippen LogP contribution < -0.4 is 18.6 Å². The van der Waals surface area contributed by atoms with E-state index in [2.05, 4.69) is 114 Å². The van der Waals surface area contributed by atoms with Gasteiger partial charge < -0.3 is 28.5 Å². The van der Waals surface area contributed by atoms with Gasteiger partial charge in [-0.2, -0.15) is 0 Å². The number of methoxy groups -OCH3 is 2. The fraction of sp³-hybridized carbons (Fsp3) is 0.388. The molecule has 0 bridgehead atoms. The minimum absolute atomic E-state index is 0.604. The summed E-state index contributed by atoms with van der Waals surface area (Å²) < 4.78 is 70.4. The molecule has 2 fully saturated rings. The molecule has 6 heterocycles. The molecule has 0 unspecified atom stereocenters. The topological polar surface area (TPSA) is 179 Å². The average Bonchev–Trinajstić information content (AvgIpc) is 3.85. The summed E-state index contributed by atoms with van der Waals surface area (Å²) in [7, 11) is -4.36. The Balaban J connectivity index is 0.000000523. The SMILES string of the molecule is COc1ccc2[nH]c3ccc4cc[n+](CCN5CCC(CC6CCN(CC[n+]7ccc8ccc9[nH]c%10ccc(OC)cc%10c9c8c7)CC6)CC5)cc4c3c2c1.CS(=O)(=O)[O-].CS(=O)(=O)[O-]. The predicted molar refractivity (Wildman–Crippen MR) is 254 cm³/mol. The van der Waals surface area contributed by atoms with Crippen molar-refractivity contribution in [3.8, 4) is 11.5 Å². The number of pyridine rings is 2. The molecule has 0 radical (unpaired) electrons. The number of aromatic amines is 2. The molecule has 0 atom stereocenters. The molecule has 4 aromatic carbocycles. The molecule has 0 spiro atoms. The third-order valence-electron chi connectivity index (χ3n) is 13.0. The van der Waals surface area contributed by atoms with E-state index in [4.69, 9.17) is 35.4 Å². The number of ether oxygens (including phenoxy) is 2. The van der Waals surface area contributed by atoms with Gasteiger partial charge in [-0.3, -0.25) is 9.80 Å². The number of piperidine rings is 2. The number of hydrogen-bond acceptors (Lipinski definition) is 10. The standard InChI is InChI=1S/C47H50N6O2.2CH4O3S/c1-54-36-5-9-42-38(28-36)46-40-30-52(21-15-34(40)3-7-44(46)48-42)25-23-50-17-11-32(12-18-50)27-33-13-19-51(20-14-33)24-26-53-22-16-35-4-8-45-47(41(35)31-53)39-29-37(55-2)6-10-43(39)49-45;2*1-5(2,3)4/h3-10,15-16,21-22,28-33H,11-14,17-20,23-27H2,1-2H3;2*1H3,(H,2,3,4). The van der Waals surface area contributed by atoms with E-state index in [0.717, 1.165) is 60.5 Å². The Hall–Kier alpha value is -5.36. The van der Waals surface area contributed by atoms with Gasteiger partial charge >= 0.3 is 0 Å². The Morgan fingerprint density at radius 2 is 0.938 bits per heavy atom. The first kappa shape index (κ1) is 46.2. The average molecular weight is 923 g/mol. The lowest BCUT2D eigenvalue weighted by atomic mass is 9.83. The van der Waals surface area contributed by atoms with Crippen LogP contribution in [0, 0.1) is 11.8 Å². The molecule has 344 valence electrons. The van der Waals surface area contributed by atoms with Gasteiger partial charge in [-0.05, 0) is 129 Å². The highest BCUT2D eigenvalue weighted by atomic mass is 32.2. The summed E-state index contributed by atoms with van der Waals surface area (Å²) in [4.78, 5) is 12.6. The number of aromatic nitrogens is 4. The summed E-state index contributed by atoms with van der Waals surface area (Å²) in [5.74, 6) is 3.54. The van der Waals surface area contributed by atoms with Crippen LogP contribution in [0.5, 0.6) is 11.5 Å². The summed E-state index contributed by atoms with van der Waals surface area (Å²) in [5, 5.41) is 10.2. The summed E-state index contributed by atoms with van der Waals surface area (Å²) in [6.07, 6.45) is 17.2. The number of likely N-dealkylation sites (tertiary alicyclic amines) is 2. The number of nitrogens with one attached hydrogen (secondary N) is 2. The van der Waals surface area contributed by atoms with E-state index < -0.39 is 20.2 Å². The molecule has 4 aromatic heterocycles. The van der Waals surface area contributed by atoms with Crippen LogP contribution in [0.15, 0.2) is 97.6 Å². The summed E-state index contributed by atoms with van der Waals surface area (Å²) >= 11 is 0. The lowest BCUT2D eigenvalue weighted by Gasteiger charge is -2.36. The highest BCUT2D eigenvalue weighted by Gasteiger charge is 2.26. The van der Waals surface area contributed by atoms with Crippen molar-refractivity contribution in [2.45, 2.75) is 45.2 Å². The zero-order valence-electron chi connectivity index (χ0n) is 37.5. The Bertz CT molecular complexity index is 2960. The van der Waals surface area contributed by atoms with Crippen LogP contribution in [0.3, 0.4) is 0 Å². The maximum Gasteiger partial charge on any atom is 0.177 e. The van der Waals surface area contributed by atoms with E-state index in [9.17, 15) is 0 Å². The predicted octanol–water partition coefficient (Wildman–Crippen LogP) is 6.69. The van der Waals surface area contributed by atoms with Crippen molar-refractivity contribution in [3.05, 3.63) is 97.6 Å². The number of nitrogens with zero attached hydrogens (tertiary/aromatic N) is 4. The van der Waals surface area contributed by atoms with Gasteiger partial charge in [0.05, 0.1) is 58.3 Å². The van der Waals surface area contributed by atoms with Crippen molar-refractivity contribution >= 4 is 85.4 Å². The number of H-pyrrole nitrogens is 2. The highest BCUT2D eigenvalue weighted by Crippen LogP contribution is 2.35. The van der Waals surface area contributed by atoms with Crippen LogP contribution in [-0.4, -0.2) is 112 Å². The lowest BCUT2D eigenvalue weighted by molar-refractivity contribution is -0.695. The van der Waals surface area contributed by atoms with Gasteiger partial charge in [0, 0.05) is 68.3 Å². The van der Waals surface area contributed by atoms with Crippen molar-refractivity contribution in [1.82, 2.24) is 19.8 Å². The first-order valence-corrected chi connectivity index (χ1v) is 25.8. The van der Waals surface area contributed by atoms with Gasteiger partial charge in [0.2, 0.25) is 0 Å². The van der Waals surface area contributed by atoms with Crippen molar-refractivity contribution in [3.63, 3.8) is 0 Å². The van der Waals surface area contributed by atoms with Crippen molar-refractivity contribution in [2.24, 2.45) is 11.8 Å². The van der Waals surface area contributed by atoms with Crippen LogP contribution in [-0.2, 0) is 33.3 Å². The quantitative estimate of drug-likeness (QED) is 0.111. The van der Waals surface area contributed by atoms with E-state index in [0.29, 0.717) is 12.5 Å². The second-order valence-electron chi connectivity index (χ2n) is 17.6. The summed E-state index contributed by atoms with van der Waals surface area (Å²) in [5.41, 5.74) is 4.66. The van der Waals surface area contributed by atoms with E-state index in [1.165, 1.54) is 112 Å². The third-order valence-corrected chi connectivity index (χ3v) is 13.0. The van der Waals surface area contributed by atoms with Gasteiger partial charge in [-0.15, -0.1) is 0 Å². The van der Waals surface area contributed by atoms with E-state index >= 15 is 0 Å². The maximum atomic E-state index is 9.08. The fourth-order valence-electron chi connectivity index (χ4n) is 9.78. The monoisotopic (exact) mass is 922 g/mol. The second kappa shape index (κ2) is 19.6. The normalized spacial score (nSPS) is 16.0. The maximum absolute atomic E-state index is 9.08. The van der Waals surface area contributed by atoms with Crippen molar-refractivity contribution < 1.29 is 44.5 Å². The van der Waals surface area contributed by atoms with Crippen molar-refractivity contribution in [2.75, 3.05) is 66.0 Å². The Kier molecular flexibility index (Phi) is 13.9. The molecule has 16 heteroatoms. The van der Waals surface area contributed by atoms with Crippen LogP contribution >= 0.6 is 0 Å². The molecule has 2 aliphatic heterocycles. The van der Waals surface area contributed by atoms with Gasteiger partial charge in [-0.25, -0.2) is 26.0 Å². The molecule has 65 heavy (non-hydrogen) atoms. The van der Waals surface area contributed by atoms with Crippen LogP contribution in [0.1, 0.15) is 32.1 Å². The van der Waals surface area contributed by atoms with Gasteiger partial charge in [-0.1, -0.05) is 12.1 Å². The Labute approximate surface area is 380 Å². The minimum Gasteiger partial charge on any atom is -0.748 e. The van der Waals surface area contributed by atoms with Gasteiger partial charge in [0.15, 0.2) is 37.9 Å². The molecule has 2 aliphatic rings. The molecular weight excluding hydrogens is 865 g/mol. The zero-order chi connectivity index (χ0) is 45.9. The lowest BCUT2D eigenvalue weighted by Crippen LogP contribution is -2.44. The minimum atomic E-state index is -3.92. The molecule has 8 aromatic rings. The molecule has 14 nitrogen and oxygen atoms in total. The smallest absolute Gasteiger partial charge is 0.177 e. The zero-order valence-corrected chi connectivity index (χ0v) is 39.1. The molecule has 0 aliphatic carbocycles. The summed E-state index contributed by atoms with van der Waals surface area (Å²) in [6.45, 7) is 9.15. The fourth-order valence-corrected chi connectivity index (χ4v) is 9.78. The first-order valence-electron chi connectivity index (χ1n) is 22.2. The largest absolute Gasteiger partial charge is 0.748 e. The molecule has 2 N–H and O–H groups in total. The third kappa shape index (κ3) is 11.7. The summed E-state index contributed by atoms with van der Waals surface area (Å²) in [6, 6.07) is 26.0. The second-order valence-corrected chi connectivity index (χ2v) is 20.5. The van der Waals surface area contributed by atoms with Crippen LogP contribution in [0.2, 0.25) is 0 Å². The van der Waals surface area contributed by atoms with Gasteiger partial charge in [0.1, 0.15) is 11.5 Å². The molecule has 10 rings (SSSR count). The van der Waals surface area contributed by atoms with E-state index in [1.807, 2.05) is 12.1 Å². The number of benzene rings is 4. The van der Waals surface area contributed by atoms with E-state index in [-0.39, 0.29) is 0 Å². The molecular formula is C49H58N6O8S2. The number of rotatable bonds is 10. The Morgan fingerprint density at radius 1 is 0.569 bits per heavy atom. The van der Waals surface area contributed by atoms with Crippen LogP contribution in [0.25, 0.3) is 65.2 Å².